The summed E-state index contributed by atoms with van der Waals surface area (Å²) in [6.45, 7) is 14.0. The SMILES string of the molecule is C=C1C2C[C]3CC(C2)CC1C3c1cc(C(C)(C)C)cc2c1CC(CC)=C2. The van der Waals surface area contributed by atoms with Gasteiger partial charge in [0.15, 0.2) is 0 Å². The Labute approximate surface area is 159 Å². The molecule has 0 aromatic heterocycles. The van der Waals surface area contributed by atoms with Gasteiger partial charge in [-0.15, -0.1) is 0 Å². The highest BCUT2D eigenvalue weighted by molar-refractivity contribution is 5.68. The van der Waals surface area contributed by atoms with Crippen LogP contribution >= 0.6 is 0 Å². The molecule has 4 saturated carbocycles. The van der Waals surface area contributed by atoms with Gasteiger partial charge in [-0.25, -0.2) is 0 Å². The zero-order chi connectivity index (χ0) is 18.2. The van der Waals surface area contributed by atoms with Crippen molar-refractivity contribution in [3.63, 3.8) is 0 Å². The first kappa shape index (κ1) is 16.8. The van der Waals surface area contributed by atoms with Gasteiger partial charge in [0, 0.05) is 0 Å². The summed E-state index contributed by atoms with van der Waals surface area (Å²) in [5.41, 5.74) is 9.76. The van der Waals surface area contributed by atoms with Crippen LogP contribution < -0.4 is 0 Å². The zero-order valence-electron chi connectivity index (χ0n) is 17.0. The van der Waals surface area contributed by atoms with Crippen LogP contribution in [0.3, 0.4) is 0 Å². The lowest BCUT2D eigenvalue weighted by atomic mass is 9.48. The van der Waals surface area contributed by atoms with Crippen molar-refractivity contribution in [1.29, 1.82) is 0 Å². The molecule has 4 atom stereocenters. The quantitative estimate of drug-likeness (QED) is 0.506. The maximum Gasteiger partial charge on any atom is -0.00306 e. The number of hydrogen-bond acceptors (Lipinski definition) is 0. The molecule has 0 saturated heterocycles. The predicted molar refractivity (Wildman–Crippen MR) is 111 cm³/mol. The highest BCUT2D eigenvalue weighted by Gasteiger charge is 2.51. The molecule has 137 valence electrons. The first-order valence-corrected chi connectivity index (χ1v) is 10.7. The van der Waals surface area contributed by atoms with Gasteiger partial charge in [-0.3, -0.25) is 0 Å². The van der Waals surface area contributed by atoms with E-state index in [1.54, 1.807) is 22.3 Å². The van der Waals surface area contributed by atoms with Crippen LogP contribution in [-0.2, 0) is 11.8 Å². The summed E-state index contributed by atoms with van der Waals surface area (Å²) >= 11 is 0. The normalized spacial score (nSPS) is 32.9. The molecule has 1 aromatic rings. The van der Waals surface area contributed by atoms with Gasteiger partial charge in [-0.2, -0.15) is 0 Å². The highest BCUT2D eigenvalue weighted by atomic mass is 14.6. The van der Waals surface area contributed by atoms with Crippen LogP contribution in [0.15, 0.2) is 29.9 Å². The summed E-state index contributed by atoms with van der Waals surface area (Å²) in [7, 11) is 0. The average Bonchev–Trinajstić information content (AvgIpc) is 3.01. The molecule has 0 aliphatic heterocycles. The van der Waals surface area contributed by atoms with Crippen molar-refractivity contribution < 1.29 is 0 Å². The predicted octanol–water partition coefficient (Wildman–Crippen LogP) is 7.00. The van der Waals surface area contributed by atoms with Crippen LogP contribution in [0.4, 0.5) is 0 Å². The van der Waals surface area contributed by atoms with E-state index >= 15 is 0 Å². The van der Waals surface area contributed by atoms with Crippen LogP contribution in [0.25, 0.3) is 6.08 Å². The fourth-order valence-electron chi connectivity index (χ4n) is 6.43. The van der Waals surface area contributed by atoms with Crippen LogP contribution in [-0.4, -0.2) is 0 Å². The van der Waals surface area contributed by atoms with Crippen LogP contribution in [0.5, 0.6) is 0 Å². The van der Waals surface area contributed by atoms with Gasteiger partial charge < -0.3 is 0 Å². The smallest absolute Gasteiger partial charge is 0.00306 e. The number of benzene rings is 1. The van der Waals surface area contributed by atoms with Crippen LogP contribution in [0.2, 0.25) is 0 Å². The molecule has 6 rings (SSSR count). The molecule has 5 aliphatic carbocycles. The Balaban J connectivity index is 1.64. The average molecular weight is 346 g/mol. The number of rotatable bonds is 2. The van der Waals surface area contributed by atoms with E-state index in [1.807, 2.05) is 5.92 Å². The lowest BCUT2D eigenvalue weighted by Crippen LogP contribution is -2.44. The summed E-state index contributed by atoms with van der Waals surface area (Å²) < 4.78 is 0. The standard InChI is InChI=1S/C26H33/c1-6-16-7-19-13-21(26(3,4)5)14-24(23(19)10-16)25-20-9-17-8-18(12-20)15(2)22(25)11-17/h7,13-14,17-18,22,25H,2,6,8-12H2,1,3-5H3. The van der Waals surface area contributed by atoms with Crippen LogP contribution in [0.1, 0.15) is 88.0 Å². The van der Waals surface area contributed by atoms with Crippen molar-refractivity contribution in [3.05, 3.63) is 58.0 Å². The van der Waals surface area contributed by atoms with Crippen molar-refractivity contribution in [3.8, 4) is 0 Å². The van der Waals surface area contributed by atoms with E-state index in [1.165, 1.54) is 49.7 Å². The third kappa shape index (κ3) is 2.40. The van der Waals surface area contributed by atoms with Gasteiger partial charge in [0.05, 0.1) is 0 Å². The van der Waals surface area contributed by atoms with E-state index in [4.69, 9.17) is 0 Å². The number of fused-ring (bicyclic) bond motifs is 1. The first-order chi connectivity index (χ1) is 12.3. The molecule has 0 heteroatoms. The monoisotopic (exact) mass is 345 g/mol. The second kappa shape index (κ2) is 5.60. The molecule has 1 radical (unpaired) electrons. The third-order valence-corrected chi connectivity index (χ3v) is 7.85. The highest BCUT2D eigenvalue weighted by Crippen LogP contribution is 2.63. The lowest BCUT2D eigenvalue weighted by molar-refractivity contribution is 0.132. The summed E-state index contributed by atoms with van der Waals surface area (Å²) in [6, 6.07) is 5.08. The Bertz CT molecular complexity index is 800. The summed E-state index contributed by atoms with van der Waals surface area (Å²) in [4.78, 5) is 0. The van der Waals surface area contributed by atoms with Gasteiger partial charge in [0.2, 0.25) is 0 Å². The number of hydrogen-bond donors (Lipinski definition) is 0. The van der Waals surface area contributed by atoms with E-state index in [0.29, 0.717) is 5.92 Å². The maximum atomic E-state index is 4.60. The Hall–Kier alpha value is -1.30. The third-order valence-electron chi connectivity index (χ3n) is 7.85. The van der Waals surface area contributed by atoms with Gasteiger partial charge in [0.25, 0.3) is 0 Å². The van der Waals surface area contributed by atoms with Crippen molar-refractivity contribution in [2.75, 3.05) is 0 Å². The fourth-order valence-corrected chi connectivity index (χ4v) is 6.43. The van der Waals surface area contributed by atoms with Crippen molar-refractivity contribution in [2.24, 2.45) is 17.8 Å². The Morgan fingerprint density at radius 3 is 2.65 bits per heavy atom. The molecule has 4 fully saturated rings. The lowest BCUT2D eigenvalue weighted by Gasteiger charge is -2.56. The Kier molecular flexibility index (Phi) is 3.63. The largest absolute Gasteiger partial charge is 0.0993 e. The van der Waals surface area contributed by atoms with Crippen LogP contribution in [0, 0.1) is 23.7 Å². The van der Waals surface area contributed by atoms with Gasteiger partial charge in [0.1, 0.15) is 0 Å². The molecule has 26 heavy (non-hydrogen) atoms. The molecule has 0 N–H and O–H groups in total. The molecular weight excluding hydrogens is 312 g/mol. The van der Waals surface area contributed by atoms with E-state index in [2.05, 4.69) is 52.5 Å². The minimum atomic E-state index is 0.209. The van der Waals surface area contributed by atoms with E-state index in [9.17, 15) is 0 Å². The first-order valence-electron chi connectivity index (χ1n) is 10.7. The van der Waals surface area contributed by atoms with E-state index in [0.717, 1.165) is 17.8 Å². The Morgan fingerprint density at radius 2 is 1.92 bits per heavy atom. The van der Waals surface area contributed by atoms with Crippen molar-refractivity contribution >= 4 is 6.08 Å². The maximum absolute atomic E-state index is 4.60. The molecule has 5 aliphatic rings. The molecule has 1 aromatic carbocycles. The van der Waals surface area contributed by atoms with E-state index in [-0.39, 0.29) is 5.41 Å². The zero-order valence-corrected chi connectivity index (χ0v) is 17.0. The van der Waals surface area contributed by atoms with Crippen molar-refractivity contribution in [1.82, 2.24) is 0 Å². The molecule has 4 bridgehead atoms. The number of allylic oxidation sites excluding steroid dienone is 2. The summed E-state index contributed by atoms with van der Waals surface area (Å²) in [5.74, 6) is 5.02. The molecule has 0 heterocycles. The minimum Gasteiger partial charge on any atom is -0.0993 e. The van der Waals surface area contributed by atoms with Gasteiger partial charge in [-0.1, -0.05) is 63.6 Å². The van der Waals surface area contributed by atoms with E-state index < -0.39 is 0 Å². The molecule has 0 amide bonds. The second-order valence-corrected chi connectivity index (χ2v) is 10.5. The second-order valence-electron chi connectivity index (χ2n) is 10.5. The summed E-state index contributed by atoms with van der Waals surface area (Å²) in [5, 5.41) is 0. The molecule has 4 unspecified atom stereocenters. The minimum absolute atomic E-state index is 0.209. The molecule has 0 spiro atoms. The summed E-state index contributed by atoms with van der Waals surface area (Å²) in [6.07, 6.45) is 10.4. The van der Waals surface area contributed by atoms with Crippen molar-refractivity contribution in [2.45, 2.75) is 77.6 Å². The molecule has 0 nitrogen and oxygen atoms in total. The van der Waals surface area contributed by atoms with Gasteiger partial charge in [-0.05, 0) is 95.8 Å². The topological polar surface area (TPSA) is 0 Å². The fraction of sp³-hybridized carbons (Fsp3) is 0.577. The van der Waals surface area contributed by atoms with Gasteiger partial charge >= 0.3 is 0 Å². The Morgan fingerprint density at radius 1 is 1.12 bits per heavy atom. The molecular formula is C26H33.